The summed E-state index contributed by atoms with van der Waals surface area (Å²) in [6.45, 7) is 7.30. The van der Waals surface area contributed by atoms with E-state index in [2.05, 4.69) is 32.9 Å². The van der Waals surface area contributed by atoms with Crippen LogP contribution >= 0.6 is 23.1 Å². The Hall–Kier alpha value is -2.57. The number of nitrogens with zero attached hydrogens (tertiary/aromatic N) is 2. The smallest absolute Gasteiger partial charge is 0.268 e. The van der Waals surface area contributed by atoms with Gasteiger partial charge in [0, 0.05) is 16.9 Å². The number of para-hydroxylation sites is 1. The van der Waals surface area contributed by atoms with E-state index in [1.807, 2.05) is 63.7 Å². The second-order valence-electron chi connectivity index (χ2n) is 8.71. The number of thiophene rings is 1. The number of fused-ring (bicyclic) bond motifs is 2. The molecule has 2 aliphatic rings. The highest BCUT2D eigenvalue weighted by Crippen LogP contribution is 2.60. The average molecular weight is 449 g/mol. The molecule has 0 saturated carbocycles. The molecule has 1 atom stereocenters. The number of aryl methyl sites for hydroxylation is 1. The maximum Gasteiger partial charge on any atom is 0.268 e. The van der Waals surface area contributed by atoms with Gasteiger partial charge < -0.3 is 9.80 Å². The van der Waals surface area contributed by atoms with E-state index in [9.17, 15) is 9.59 Å². The van der Waals surface area contributed by atoms with E-state index in [0.717, 1.165) is 22.4 Å². The summed E-state index contributed by atoms with van der Waals surface area (Å²) in [5, 5.41) is 1.91. The standard InChI is InChI=1S/C25H24N2O2S2/c1-17-9-4-5-10-18(17)15-26-20-12-7-6-11-19(20)25(23(26)29)27(16-24(2,3)31-25)22(28)21-13-8-14-30-21/h4-14H,15-16H2,1-3H3/t25-/m1/s1. The lowest BCUT2D eigenvalue weighted by Gasteiger charge is -2.33. The van der Waals surface area contributed by atoms with Crippen LogP contribution in [0.25, 0.3) is 0 Å². The van der Waals surface area contributed by atoms with Gasteiger partial charge >= 0.3 is 0 Å². The molecule has 3 aromatic rings. The van der Waals surface area contributed by atoms with Crippen LogP contribution in [-0.2, 0) is 16.2 Å². The van der Waals surface area contributed by atoms with Gasteiger partial charge in [-0.15, -0.1) is 23.1 Å². The van der Waals surface area contributed by atoms with Crippen LogP contribution < -0.4 is 4.90 Å². The van der Waals surface area contributed by atoms with Gasteiger partial charge in [0.2, 0.25) is 0 Å². The fraction of sp³-hybridized carbons (Fsp3) is 0.280. The predicted octanol–water partition coefficient (Wildman–Crippen LogP) is 5.42. The van der Waals surface area contributed by atoms with E-state index in [1.165, 1.54) is 11.3 Å². The highest BCUT2D eigenvalue weighted by Gasteiger charge is 2.63. The molecule has 2 aliphatic heterocycles. The zero-order valence-corrected chi connectivity index (χ0v) is 19.4. The van der Waals surface area contributed by atoms with Gasteiger partial charge in [0.15, 0.2) is 4.87 Å². The van der Waals surface area contributed by atoms with Gasteiger partial charge in [-0.25, -0.2) is 0 Å². The van der Waals surface area contributed by atoms with Crippen LogP contribution in [0.2, 0.25) is 0 Å². The third-order valence-corrected chi connectivity index (χ3v) is 8.45. The average Bonchev–Trinajstić information content (AvgIpc) is 3.43. The molecule has 0 N–H and O–H groups in total. The summed E-state index contributed by atoms with van der Waals surface area (Å²) in [7, 11) is 0. The maximum atomic E-state index is 14.2. The number of hydrogen-bond acceptors (Lipinski definition) is 4. The summed E-state index contributed by atoms with van der Waals surface area (Å²) in [5.41, 5.74) is 4.07. The molecule has 3 heterocycles. The number of rotatable bonds is 3. The van der Waals surface area contributed by atoms with Crippen molar-refractivity contribution in [2.75, 3.05) is 11.4 Å². The molecule has 2 amide bonds. The molecule has 0 radical (unpaired) electrons. The van der Waals surface area contributed by atoms with E-state index < -0.39 is 4.87 Å². The first-order chi connectivity index (χ1) is 14.8. The van der Waals surface area contributed by atoms with Gasteiger partial charge in [0.05, 0.1) is 17.1 Å². The van der Waals surface area contributed by atoms with Crippen LogP contribution in [0.5, 0.6) is 0 Å². The normalized spacial score (nSPS) is 21.7. The summed E-state index contributed by atoms with van der Waals surface area (Å²) < 4.78 is -0.242. The van der Waals surface area contributed by atoms with Crippen molar-refractivity contribution < 1.29 is 9.59 Å². The van der Waals surface area contributed by atoms with Crippen LogP contribution in [0.4, 0.5) is 5.69 Å². The largest absolute Gasteiger partial charge is 0.309 e. The van der Waals surface area contributed by atoms with E-state index in [0.29, 0.717) is 18.0 Å². The Labute approximate surface area is 190 Å². The number of amides is 2. The Bertz CT molecular complexity index is 1170. The van der Waals surface area contributed by atoms with E-state index in [-0.39, 0.29) is 16.6 Å². The van der Waals surface area contributed by atoms with Crippen molar-refractivity contribution in [1.29, 1.82) is 0 Å². The highest BCUT2D eigenvalue weighted by molar-refractivity contribution is 8.02. The van der Waals surface area contributed by atoms with Crippen LogP contribution in [0.3, 0.4) is 0 Å². The quantitative estimate of drug-likeness (QED) is 0.537. The molecule has 4 nitrogen and oxygen atoms in total. The summed E-state index contributed by atoms with van der Waals surface area (Å²) in [4.78, 5) is 31.1. The fourth-order valence-corrected chi connectivity index (χ4v) is 7.01. The maximum absolute atomic E-state index is 14.2. The zero-order chi connectivity index (χ0) is 21.8. The summed E-state index contributed by atoms with van der Waals surface area (Å²) in [6.07, 6.45) is 0. The van der Waals surface area contributed by atoms with Gasteiger partial charge in [-0.1, -0.05) is 48.5 Å². The summed E-state index contributed by atoms with van der Waals surface area (Å²) in [6, 6.07) is 19.8. The molecule has 1 aromatic heterocycles. The Morgan fingerprint density at radius 1 is 1.03 bits per heavy atom. The van der Waals surface area contributed by atoms with Gasteiger partial charge in [-0.3, -0.25) is 9.59 Å². The van der Waals surface area contributed by atoms with Crippen LogP contribution in [-0.4, -0.2) is 28.0 Å². The molecule has 1 fully saturated rings. The Morgan fingerprint density at radius 3 is 2.52 bits per heavy atom. The topological polar surface area (TPSA) is 40.6 Å². The number of hydrogen-bond donors (Lipinski definition) is 0. The molecule has 5 rings (SSSR count). The SMILES string of the molecule is Cc1ccccc1CN1C(=O)[C@]2(SC(C)(C)CN2C(=O)c2cccs2)c2ccccc21. The number of thioether (sulfide) groups is 1. The second kappa shape index (κ2) is 7.24. The zero-order valence-electron chi connectivity index (χ0n) is 17.8. The minimum Gasteiger partial charge on any atom is -0.309 e. The molecule has 0 bridgehead atoms. The third kappa shape index (κ3) is 3.12. The minimum atomic E-state index is -1.04. The first-order valence-electron chi connectivity index (χ1n) is 10.4. The van der Waals surface area contributed by atoms with Crippen molar-refractivity contribution in [3.8, 4) is 0 Å². The van der Waals surface area contributed by atoms with Gasteiger partial charge in [-0.05, 0) is 49.4 Å². The number of carbonyl (C=O) groups excluding carboxylic acids is 2. The summed E-state index contributed by atoms with van der Waals surface area (Å²) in [5.74, 6) is -0.105. The molecule has 2 aromatic carbocycles. The Balaban J connectivity index is 1.64. The van der Waals surface area contributed by atoms with Crippen LogP contribution in [0, 0.1) is 6.92 Å². The van der Waals surface area contributed by atoms with Gasteiger partial charge in [0.25, 0.3) is 11.8 Å². The molecule has 0 unspecified atom stereocenters. The van der Waals surface area contributed by atoms with Crippen molar-refractivity contribution in [3.63, 3.8) is 0 Å². The molecule has 158 valence electrons. The lowest BCUT2D eigenvalue weighted by atomic mass is 10.0. The van der Waals surface area contributed by atoms with Gasteiger partial charge in [0.1, 0.15) is 0 Å². The first-order valence-corrected chi connectivity index (χ1v) is 12.0. The Morgan fingerprint density at radius 2 is 1.77 bits per heavy atom. The predicted molar refractivity (Wildman–Crippen MR) is 128 cm³/mol. The van der Waals surface area contributed by atoms with Crippen LogP contribution in [0.1, 0.15) is 40.2 Å². The number of benzene rings is 2. The van der Waals surface area contributed by atoms with Crippen molar-refractivity contribution in [3.05, 3.63) is 87.6 Å². The van der Waals surface area contributed by atoms with Crippen LogP contribution in [0.15, 0.2) is 66.0 Å². The van der Waals surface area contributed by atoms with Crippen molar-refractivity contribution in [2.24, 2.45) is 0 Å². The van der Waals surface area contributed by atoms with Crippen molar-refractivity contribution >= 4 is 40.6 Å². The molecular weight excluding hydrogens is 424 g/mol. The third-order valence-electron chi connectivity index (χ3n) is 6.00. The highest BCUT2D eigenvalue weighted by atomic mass is 32.2. The monoisotopic (exact) mass is 448 g/mol. The minimum absolute atomic E-state index is 0.0302. The molecule has 0 aliphatic carbocycles. The molecule has 1 saturated heterocycles. The number of carbonyl (C=O) groups is 2. The van der Waals surface area contributed by atoms with Crippen molar-refractivity contribution in [1.82, 2.24) is 4.90 Å². The van der Waals surface area contributed by atoms with Gasteiger partial charge in [-0.2, -0.15) is 0 Å². The second-order valence-corrected chi connectivity index (χ2v) is 11.6. The Kier molecular flexibility index (Phi) is 4.75. The molecule has 31 heavy (non-hydrogen) atoms. The molecule has 6 heteroatoms. The van der Waals surface area contributed by atoms with Crippen molar-refractivity contribution in [2.45, 2.75) is 36.9 Å². The van der Waals surface area contributed by atoms with E-state index >= 15 is 0 Å². The molecular formula is C25H24N2O2S2. The fourth-order valence-electron chi connectivity index (χ4n) is 4.60. The summed E-state index contributed by atoms with van der Waals surface area (Å²) >= 11 is 3.02. The lowest BCUT2D eigenvalue weighted by molar-refractivity contribution is -0.123. The van der Waals surface area contributed by atoms with E-state index in [4.69, 9.17) is 0 Å². The first kappa shape index (κ1) is 20.3. The number of anilines is 1. The van der Waals surface area contributed by atoms with E-state index in [1.54, 1.807) is 11.8 Å². The lowest BCUT2D eigenvalue weighted by Crippen LogP contribution is -2.50. The molecule has 1 spiro atoms.